The lowest BCUT2D eigenvalue weighted by atomic mass is 9.75. The van der Waals surface area contributed by atoms with Crippen molar-refractivity contribution >= 4 is 0 Å². The number of rotatable bonds is 11. The molecular formula is C25H43N. The first-order chi connectivity index (χ1) is 12.8. The lowest BCUT2D eigenvalue weighted by Crippen LogP contribution is -2.17. The van der Waals surface area contributed by atoms with E-state index in [2.05, 4.69) is 25.1 Å². The van der Waals surface area contributed by atoms with Gasteiger partial charge in [0.15, 0.2) is 0 Å². The van der Waals surface area contributed by atoms with Crippen LogP contribution >= 0.6 is 0 Å². The minimum atomic E-state index is 0.368. The predicted molar refractivity (Wildman–Crippen MR) is 113 cm³/mol. The van der Waals surface area contributed by atoms with E-state index in [1.807, 2.05) is 0 Å². The van der Waals surface area contributed by atoms with Crippen LogP contribution in [0.5, 0.6) is 0 Å². The van der Waals surface area contributed by atoms with Crippen molar-refractivity contribution in [3.8, 4) is 6.07 Å². The molecule has 0 spiro atoms. The minimum Gasteiger partial charge on any atom is -0.198 e. The summed E-state index contributed by atoms with van der Waals surface area (Å²) in [5.41, 5.74) is 0. The molecule has 0 N–H and O–H groups in total. The second kappa shape index (κ2) is 13.4. The molecule has 1 nitrogen and oxygen atoms in total. The Kier molecular flexibility index (Phi) is 11.1. The van der Waals surface area contributed by atoms with E-state index in [9.17, 15) is 0 Å². The van der Waals surface area contributed by atoms with Crippen molar-refractivity contribution in [3.63, 3.8) is 0 Å². The molecule has 148 valence electrons. The van der Waals surface area contributed by atoms with E-state index >= 15 is 0 Å². The maximum absolute atomic E-state index is 9.02. The Labute approximate surface area is 163 Å². The second-order valence-electron chi connectivity index (χ2n) is 9.21. The molecule has 0 aromatic carbocycles. The SMILES string of the molecule is CCCCC/C=C\CCCC1CCC(CCC2CCC(C#N)CC2)CC1. The molecule has 2 aliphatic carbocycles. The van der Waals surface area contributed by atoms with E-state index in [1.54, 1.807) is 0 Å². The highest BCUT2D eigenvalue weighted by molar-refractivity contribution is 4.87. The van der Waals surface area contributed by atoms with Gasteiger partial charge in [0.25, 0.3) is 0 Å². The molecule has 2 rings (SSSR count). The fourth-order valence-corrected chi connectivity index (χ4v) is 5.13. The first kappa shape index (κ1) is 21.5. The first-order valence-electron chi connectivity index (χ1n) is 11.9. The summed E-state index contributed by atoms with van der Waals surface area (Å²) in [6, 6.07) is 2.47. The maximum atomic E-state index is 9.02. The molecule has 0 radical (unpaired) electrons. The van der Waals surface area contributed by atoms with Crippen molar-refractivity contribution in [2.75, 3.05) is 0 Å². The summed E-state index contributed by atoms with van der Waals surface area (Å²) in [4.78, 5) is 0. The van der Waals surface area contributed by atoms with Crippen LogP contribution in [0.1, 0.15) is 116 Å². The molecule has 0 aliphatic heterocycles. The van der Waals surface area contributed by atoms with Gasteiger partial charge in [-0.3, -0.25) is 0 Å². The highest BCUT2D eigenvalue weighted by Crippen LogP contribution is 2.37. The van der Waals surface area contributed by atoms with Crippen molar-refractivity contribution < 1.29 is 0 Å². The maximum Gasteiger partial charge on any atom is 0.0655 e. The minimum absolute atomic E-state index is 0.368. The Balaban J connectivity index is 1.46. The zero-order valence-corrected chi connectivity index (χ0v) is 17.4. The van der Waals surface area contributed by atoms with E-state index in [-0.39, 0.29) is 0 Å². The van der Waals surface area contributed by atoms with Gasteiger partial charge in [-0.15, -0.1) is 0 Å². The summed E-state index contributed by atoms with van der Waals surface area (Å²) in [5, 5.41) is 9.02. The summed E-state index contributed by atoms with van der Waals surface area (Å²) in [5.74, 6) is 3.33. The zero-order valence-electron chi connectivity index (χ0n) is 17.4. The summed E-state index contributed by atoms with van der Waals surface area (Å²) in [6.07, 6.45) is 28.2. The van der Waals surface area contributed by atoms with Gasteiger partial charge in [-0.05, 0) is 69.1 Å². The van der Waals surface area contributed by atoms with Crippen molar-refractivity contribution in [2.45, 2.75) is 116 Å². The van der Waals surface area contributed by atoms with Gasteiger partial charge in [0.1, 0.15) is 0 Å². The smallest absolute Gasteiger partial charge is 0.0655 e. The monoisotopic (exact) mass is 357 g/mol. The van der Waals surface area contributed by atoms with Crippen LogP contribution < -0.4 is 0 Å². The lowest BCUT2D eigenvalue weighted by Gasteiger charge is -2.31. The van der Waals surface area contributed by atoms with Crippen molar-refractivity contribution in [3.05, 3.63) is 12.2 Å². The molecule has 2 aliphatic rings. The molecular weight excluding hydrogens is 314 g/mol. The summed E-state index contributed by atoms with van der Waals surface area (Å²) >= 11 is 0. The van der Waals surface area contributed by atoms with Crippen LogP contribution in [0.3, 0.4) is 0 Å². The quantitative estimate of drug-likeness (QED) is 0.270. The highest BCUT2D eigenvalue weighted by atomic mass is 14.3. The Morgan fingerprint density at radius 3 is 1.73 bits per heavy atom. The molecule has 0 amide bonds. The third-order valence-corrected chi connectivity index (χ3v) is 7.10. The van der Waals surface area contributed by atoms with E-state index in [1.165, 1.54) is 109 Å². The Hall–Kier alpha value is -0.770. The number of unbranched alkanes of at least 4 members (excludes halogenated alkanes) is 4. The van der Waals surface area contributed by atoms with E-state index < -0.39 is 0 Å². The lowest BCUT2D eigenvalue weighted by molar-refractivity contribution is 0.221. The van der Waals surface area contributed by atoms with Crippen molar-refractivity contribution in [1.82, 2.24) is 0 Å². The van der Waals surface area contributed by atoms with Crippen LogP contribution in [0.25, 0.3) is 0 Å². The normalized spacial score (nSPS) is 29.7. The molecule has 0 aromatic heterocycles. The number of hydrogen-bond acceptors (Lipinski definition) is 1. The van der Waals surface area contributed by atoms with E-state index in [0.29, 0.717) is 5.92 Å². The summed E-state index contributed by atoms with van der Waals surface area (Å²) < 4.78 is 0. The molecule has 2 fully saturated rings. The van der Waals surface area contributed by atoms with Crippen LogP contribution in [-0.4, -0.2) is 0 Å². The molecule has 0 saturated heterocycles. The Morgan fingerprint density at radius 2 is 1.19 bits per heavy atom. The topological polar surface area (TPSA) is 23.8 Å². The average molecular weight is 358 g/mol. The van der Waals surface area contributed by atoms with Crippen LogP contribution in [0.2, 0.25) is 0 Å². The number of nitrogens with zero attached hydrogens (tertiary/aromatic N) is 1. The third kappa shape index (κ3) is 8.75. The molecule has 0 bridgehead atoms. The van der Waals surface area contributed by atoms with Crippen molar-refractivity contribution in [2.24, 2.45) is 23.7 Å². The fraction of sp³-hybridized carbons (Fsp3) is 0.880. The third-order valence-electron chi connectivity index (χ3n) is 7.10. The van der Waals surface area contributed by atoms with Gasteiger partial charge in [0, 0.05) is 5.92 Å². The molecule has 2 saturated carbocycles. The van der Waals surface area contributed by atoms with Gasteiger partial charge in [-0.2, -0.15) is 5.26 Å². The Morgan fingerprint density at radius 1 is 0.692 bits per heavy atom. The molecule has 1 heteroatoms. The van der Waals surface area contributed by atoms with Crippen molar-refractivity contribution in [1.29, 1.82) is 5.26 Å². The average Bonchev–Trinajstić information content (AvgIpc) is 2.69. The fourth-order valence-electron chi connectivity index (χ4n) is 5.13. The van der Waals surface area contributed by atoms with Gasteiger partial charge >= 0.3 is 0 Å². The van der Waals surface area contributed by atoms with E-state index in [4.69, 9.17) is 5.26 Å². The largest absolute Gasteiger partial charge is 0.198 e. The van der Waals surface area contributed by atoms with Gasteiger partial charge in [-0.25, -0.2) is 0 Å². The molecule has 0 aromatic rings. The van der Waals surface area contributed by atoms with Gasteiger partial charge in [0.2, 0.25) is 0 Å². The van der Waals surface area contributed by atoms with Crippen LogP contribution in [0.15, 0.2) is 12.2 Å². The zero-order chi connectivity index (χ0) is 18.5. The number of allylic oxidation sites excluding steroid dienone is 2. The summed E-state index contributed by atoms with van der Waals surface area (Å²) in [7, 11) is 0. The van der Waals surface area contributed by atoms with E-state index in [0.717, 1.165) is 17.8 Å². The standard InChI is InChI=1S/C25H43N/c1-2-3-4-5-6-7-8-9-10-22-11-13-23(14-12-22)15-16-24-17-19-25(21-26)20-18-24/h6-7,22-25H,2-5,8-20H2,1H3/b7-6-. The molecule has 26 heavy (non-hydrogen) atoms. The first-order valence-corrected chi connectivity index (χ1v) is 11.9. The van der Waals surface area contributed by atoms with Gasteiger partial charge in [0.05, 0.1) is 6.07 Å². The van der Waals surface area contributed by atoms with Gasteiger partial charge in [-0.1, -0.05) is 76.9 Å². The highest BCUT2D eigenvalue weighted by Gasteiger charge is 2.24. The molecule has 0 heterocycles. The predicted octanol–water partition coefficient (Wildman–Crippen LogP) is 8.21. The van der Waals surface area contributed by atoms with Crippen LogP contribution in [-0.2, 0) is 0 Å². The van der Waals surface area contributed by atoms with Crippen LogP contribution in [0.4, 0.5) is 0 Å². The molecule has 0 atom stereocenters. The number of nitriles is 1. The van der Waals surface area contributed by atoms with Gasteiger partial charge < -0.3 is 0 Å². The second-order valence-corrected chi connectivity index (χ2v) is 9.21. The van der Waals surface area contributed by atoms with Crippen LogP contribution in [0, 0.1) is 35.0 Å². The summed E-state index contributed by atoms with van der Waals surface area (Å²) in [6.45, 7) is 2.28. The number of hydrogen-bond donors (Lipinski definition) is 0. The molecule has 0 unspecified atom stereocenters. The Bertz CT molecular complexity index is 402.